The van der Waals surface area contributed by atoms with Crippen molar-refractivity contribution in [3.8, 4) is 16.3 Å². The highest BCUT2D eigenvalue weighted by atomic mass is 32.2. The van der Waals surface area contributed by atoms with Gasteiger partial charge in [0.25, 0.3) is 5.91 Å². The molecule has 1 aliphatic rings. The molecular weight excluding hydrogens is 386 g/mol. The Hall–Kier alpha value is -2.91. The maximum atomic E-state index is 12.2. The molecular formula is C18H15N3O4S2. The molecule has 1 aliphatic heterocycles. The van der Waals surface area contributed by atoms with Gasteiger partial charge in [0.15, 0.2) is 0 Å². The van der Waals surface area contributed by atoms with Crippen LogP contribution in [0, 0.1) is 0 Å². The number of ether oxygens (including phenoxy) is 1. The minimum Gasteiger partial charge on any atom is -0.487 e. The summed E-state index contributed by atoms with van der Waals surface area (Å²) in [5.74, 6) is -0.209. The summed E-state index contributed by atoms with van der Waals surface area (Å²) in [6.07, 6.45) is 1.70. The molecule has 4 rings (SSSR count). The first kappa shape index (κ1) is 17.5. The molecule has 0 spiro atoms. The van der Waals surface area contributed by atoms with E-state index in [1.165, 1.54) is 11.3 Å². The van der Waals surface area contributed by atoms with Crippen molar-refractivity contribution in [3.05, 3.63) is 65.7 Å². The minimum absolute atomic E-state index is 0.268. The molecule has 0 aliphatic carbocycles. The summed E-state index contributed by atoms with van der Waals surface area (Å²) in [7, 11) is -3.92. The number of thiazole rings is 1. The van der Waals surface area contributed by atoms with Crippen molar-refractivity contribution < 1.29 is 17.9 Å². The lowest BCUT2D eigenvalue weighted by Gasteiger charge is -2.19. The average molecular weight is 401 g/mol. The Balaban J connectivity index is 1.72. The van der Waals surface area contributed by atoms with Crippen molar-refractivity contribution in [1.82, 2.24) is 9.71 Å². The number of nitrogens with one attached hydrogen (secondary N) is 1. The Labute approximate surface area is 160 Å². The second-order valence-corrected chi connectivity index (χ2v) is 8.32. The first-order valence-corrected chi connectivity index (χ1v) is 10.4. The third kappa shape index (κ3) is 3.64. The molecule has 2 heterocycles. The fourth-order valence-electron chi connectivity index (χ4n) is 2.73. The highest BCUT2D eigenvalue weighted by Crippen LogP contribution is 2.36. The molecule has 1 fully saturated rings. The van der Waals surface area contributed by atoms with Crippen LogP contribution in [0.1, 0.15) is 5.56 Å². The molecule has 27 heavy (non-hydrogen) atoms. The molecule has 0 saturated carbocycles. The van der Waals surface area contributed by atoms with Crippen LogP contribution in [0.15, 0.2) is 60.1 Å². The van der Waals surface area contributed by atoms with Gasteiger partial charge in [-0.3, -0.25) is 4.79 Å². The van der Waals surface area contributed by atoms with E-state index < -0.39 is 16.1 Å². The smallest absolute Gasteiger partial charge is 0.326 e. The van der Waals surface area contributed by atoms with E-state index in [4.69, 9.17) is 4.74 Å². The quantitative estimate of drug-likeness (QED) is 0.710. The van der Waals surface area contributed by atoms with Gasteiger partial charge in [0, 0.05) is 17.1 Å². The Morgan fingerprint density at radius 2 is 2.00 bits per heavy atom. The summed E-state index contributed by atoms with van der Waals surface area (Å²) in [6.45, 7) is -0.00888. The van der Waals surface area contributed by atoms with Crippen molar-refractivity contribution >= 4 is 33.1 Å². The van der Waals surface area contributed by atoms with Crippen molar-refractivity contribution in [1.29, 1.82) is 0 Å². The lowest BCUT2D eigenvalue weighted by molar-refractivity contribution is -0.117. The Kier molecular flexibility index (Phi) is 4.54. The monoisotopic (exact) mass is 401 g/mol. The highest BCUT2D eigenvalue weighted by molar-refractivity contribution is 7.92. The minimum atomic E-state index is -3.92. The van der Waals surface area contributed by atoms with Crippen LogP contribution in [0.5, 0.6) is 5.75 Å². The van der Waals surface area contributed by atoms with E-state index in [0.29, 0.717) is 11.4 Å². The van der Waals surface area contributed by atoms with Crippen molar-refractivity contribution in [2.75, 3.05) is 10.8 Å². The van der Waals surface area contributed by atoms with Crippen LogP contribution in [0.4, 0.5) is 5.69 Å². The predicted octanol–water partition coefficient (Wildman–Crippen LogP) is 2.57. The van der Waals surface area contributed by atoms with Gasteiger partial charge in [-0.1, -0.05) is 30.3 Å². The standard InChI is InChI=1S/C18H15N3O4S2/c22-17-11-21(27(23,24)20-17)15-7-6-14(18-19-8-9-26-18)10-16(15)25-12-13-4-2-1-3-5-13/h1-10H,11-12H2,(H,20,22). The van der Waals surface area contributed by atoms with Gasteiger partial charge in [-0.25, -0.2) is 14.0 Å². The molecule has 138 valence electrons. The first-order valence-electron chi connectivity index (χ1n) is 8.07. The summed E-state index contributed by atoms with van der Waals surface area (Å²) in [5.41, 5.74) is 2.07. The molecule has 1 amide bonds. The fourth-order valence-corrected chi connectivity index (χ4v) is 4.53. The van der Waals surface area contributed by atoms with Gasteiger partial charge in [-0.15, -0.1) is 11.3 Å². The fraction of sp³-hybridized carbons (Fsp3) is 0.111. The van der Waals surface area contributed by atoms with Crippen LogP contribution in [-0.4, -0.2) is 25.9 Å². The topological polar surface area (TPSA) is 88.6 Å². The Bertz CT molecular complexity index is 1070. The van der Waals surface area contributed by atoms with Crippen molar-refractivity contribution in [3.63, 3.8) is 0 Å². The molecule has 0 radical (unpaired) electrons. The summed E-state index contributed by atoms with van der Waals surface area (Å²) >= 11 is 1.47. The summed E-state index contributed by atoms with van der Waals surface area (Å²) < 4.78 is 33.4. The first-order chi connectivity index (χ1) is 13.0. The van der Waals surface area contributed by atoms with Gasteiger partial charge >= 0.3 is 10.2 Å². The van der Waals surface area contributed by atoms with E-state index in [1.807, 2.05) is 40.4 Å². The van der Waals surface area contributed by atoms with Crippen LogP contribution >= 0.6 is 11.3 Å². The van der Waals surface area contributed by atoms with Crippen LogP contribution in [0.25, 0.3) is 10.6 Å². The number of carbonyl (C=O) groups is 1. The largest absolute Gasteiger partial charge is 0.487 e. The number of hydrogen-bond acceptors (Lipinski definition) is 6. The molecule has 7 nitrogen and oxygen atoms in total. The lowest BCUT2D eigenvalue weighted by Crippen LogP contribution is -2.29. The van der Waals surface area contributed by atoms with Crippen molar-refractivity contribution in [2.45, 2.75) is 6.61 Å². The van der Waals surface area contributed by atoms with Crippen LogP contribution < -0.4 is 13.8 Å². The number of nitrogens with zero attached hydrogens (tertiary/aromatic N) is 2. The molecule has 0 atom stereocenters. The Morgan fingerprint density at radius 1 is 1.19 bits per heavy atom. The van der Waals surface area contributed by atoms with Gasteiger partial charge in [0.05, 0.1) is 5.69 Å². The number of benzene rings is 2. The SMILES string of the molecule is O=C1CN(c2ccc(-c3nccs3)cc2OCc2ccccc2)S(=O)(=O)N1. The number of carbonyl (C=O) groups excluding carboxylic acids is 1. The van der Waals surface area contributed by atoms with E-state index in [-0.39, 0.29) is 13.2 Å². The van der Waals surface area contributed by atoms with E-state index in [0.717, 1.165) is 20.4 Å². The zero-order valence-corrected chi connectivity index (χ0v) is 15.7. The zero-order chi connectivity index (χ0) is 18.9. The third-order valence-electron chi connectivity index (χ3n) is 3.97. The van der Waals surface area contributed by atoms with Gasteiger partial charge in [-0.05, 0) is 23.8 Å². The number of rotatable bonds is 5. The van der Waals surface area contributed by atoms with Gasteiger partial charge in [0.2, 0.25) is 0 Å². The second-order valence-electron chi connectivity index (χ2n) is 5.83. The number of hydrogen-bond donors (Lipinski definition) is 1. The average Bonchev–Trinajstić information content (AvgIpc) is 3.28. The highest BCUT2D eigenvalue weighted by Gasteiger charge is 2.35. The molecule has 3 aromatic rings. The van der Waals surface area contributed by atoms with Crippen molar-refractivity contribution in [2.24, 2.45) is 0 Å². The molecule has 1 aromatic heterocycles. The number of aromatic nitrogens is 1. The Morgan fingerprint density at radius 3 is 2.67 bits per heavy atom. The normalized spacial score (nSPS) is 15.6. The third-order valence-corrected chi connectivity index (χ3v) is 6.18. The maximum absolute atomic E-state index is 12.2. The number of anilines is 1. The molecule has 1 saturated heterocycles. The lowest BCUT2D eigenvalue weighted by atomic mass is 10.2. The van der Waals surface area contributed by atoms with Gasteiger partial charge < -0.3 is 4.74 Å². The van der Waals surface area contributed by atoms with E-state index in [2.05, 4.69) is 4.98 Å². The van der Waals surface area contributed by atoms with Gasteiger partial charge in [0.1, 0.15) is 23.9 Å². The number of amides is 1. The van der Waals surface area contributed by atoms with Gasteiger partial charge in [-0.2, -0.15) is 8.42 Å². The summed E-state index contributed by atoms with van der Waals surface area (Å²) in [6, 6.07) is 14.7. The molecule has 0 bridgehead atoms. The van der Waals surface area contributed by atoms with Crippen LogP contribution in [-0.2, 0) is 21.6 Å². The molecule has 0 unspecified atom stereocenters. The van der Waals surface area contributed by atoms with E-state index in [1.54, 1.807) is 24.4 Å². The molecule has 9 heteroatoms. The maximum Gasteiger partial charge on any atom is 0.326 e. The summed E-state index contributed by atoms with van der Waals surface area (Å²) in [4.78, 5) is 15.9. The van der Waals surface area contributed by atoms with Crippen LogP contribution in [0.3, 0.4) is 0 Å². The van der Waals surface area contributed by atoms with E-state index >= 15 is 0 Å². The zero-order valence-electron chi connectivity index (χ0n) is 14.0. The predicted molar refractivity (Wildman–Crippen MR) is 103 cm³/mol. The van der Waals surface area contributed by atoms with E-state index in [9.17, 15) is 13.2 Å². The second kappa shape index (κ2) is 7.01. The molecule has 1 N–H and O–H groups in total. The molecule has 2 aromatic carbocycles. The summed E-state index contributed by atoms with van der Waals surface area (Å²) in [5, 5.41) is 2.66. The van der Waals surface area contributed by atoms with Crippen LogP contribution in [0.2, 0.25) is 0 Å².